The molecule has 7 heteroatoms. The van der Waals surface area contributed by atoms with E-state index in [1.54, 1.807) is 6.21 Å². The van der Waals surface area contributed by atoms with Crippen LogP contribution >= 0.6 is 0 Å². The quantitative estimate of drug-likeness (QED) is 0.267. The normalized spacial score (nSPS) is 10.8. The van der Waals surface area contributed by atoms with Crippen LogP contribution in [0.4, 0.5) is 0 Å². The van der Waals surface area contributed by atoms with Crippen LogP contribution in [0.1, 0.15) is 13.3 Å². The molecule has 0 bridgehead atoms. The van der Waals surface area contributed by atoms with Crippen LogP contribution in [-0.4, -0.2) is 26.3 Å². The second-order valence-corrected chi connectivity index (χ2v) is 2.52. The molecule has 0 atom stereocenters. The molecule has 0 aliphatic heterocycles. The minimum atomic E-state index is -4.16. The molecule has 0 radical (unpaired) electrons. The maximum Gasteiger partial charge on any atom is 0.397 e. The maximum atomic E-state index is 9.33. The fourth-order valence-corrected chi connectivity index (χ4v) is 0.105. The third kappa shape index (κ3) is 26.7. The largest absolute Gasteiger partial charge is 0.397 e. The van der Waals surface area contributed by atoms with Gasteiger partial charge >= 0.3 is 10.4 Å². The van der Waals surface area contributed by atoms with Crippen molar-refractivity contribution in [2.75, 3.05) is 7.11 Å². The van der Waals surface area contributed by atoms with Crippen molar-refractivity contribution in [2.24, 2.45) is 10.9 Å². The van der Waals surface area contributed by atoms with E-state index in [-0.39, 0.29) is 0 Å². The molecule has 0 aromatic carbocycles. The van der Waals surface area contributed by atoms with E-state index in [0.29, 0.717) is 0 Å². The van der Waals surface area contributed by atoms with Crippen LogP contribution in [0, 0.1) is 0 Å². The van der Waals surface area contributed by atoms with Gasteiger partial charge in [0, 0.05) is 6.21 Å². The van der Waals surface area contributed by atoms with Gasteiger partial charge in [0.05, 0.1) is 7.11 Å². The van der Waals surface area contributed by atoms with E-state index < -0.39 is 10.4 Å². The van der Waals surface area contributed by atoms with Gasteiger partial charge in [0.15, 0.2) is 0 Å². The van der Waals surface area contributed by atoms with Crippen molar-refractivity contribution in [3.05, 3.63) is 0 Å². The van der Waals surface area contributed by atoms with Gasteiger partial charge < -0.3 is 5.84 Å². The van der Waals surface area contributed by atoms with Gasteiger partial charge in [-0.3, -0.25) is 8.74 Å². The lowest BCUT2D eigenvalue weighted by atomic mass is 10.6. The second-order valence-electron chi connectivity index (χ2n) is 1.33. The van der Waals surface area contributed by atoms with Crippen molar-refractivity contribution in [2.45, 2.75) is 13.3 Å². The topological polar surface area (TPSA) is 102 Å². The molecule has 0 fully saturated rings. The summed E-state index contributed by atoms with van der Waals surface area (Å²) in [5, 5.41) is 3.23. The molecule has 0 heterocycles. The zero-order valence-electron chi connectivity index (χ0n) is 6.39. The van der Waals surface area contributed by atoms with Crippen LogP contribution in [0.5, 0.6) is 0 Å². The van der Waals surface area contributed by atoms with E-state index in [0.717, 1.165) is 13.5 Å². The summed E-state index contributed by atoms with van der Waals surface area (Å²) in [7, 11) is -3.29. The van der Waals surface area contributed by atoms with E-state index in [4.69, 9.17) is 10.4 Å². The summed E-state index contributed by atoms with van der Waals surface area (Å²) in [5.74, 6) is 4.71. The molecule has 0 aliphatic carbocycles. The highest BCUT2D eigenvalue weighted by atomic mass is 32.3. The van der Waals surface area contributed by atoms with Crippen molar-refractivity contribution >= 4 is 16.6 Å². The minimum absolute atomic E-state index is 0.870. The molecular formula is C4H12N2O4S. The first-order valence-electron chi connectivity index (χ1n) is 2.72. The third-order valence-electron chi connectivity index (χ3n) is 0.499. The van der Waals surface area contributed by atoms with Crippen LogP contribution in [0.25, 0.3) is 0 Å². The van der Waals surface area contributed by atoms with Gasteiger partial charge in [-0.25, -0.2) is 0 Å². The van der Waals surface area contributed by atoms with E-state index in [9.17, 15) is 8.42 Å². The summed E-state index contributed by atoms with van der Waals surface area (Å²) in [6.45, 7) is 1.98. The first-order valence-corrected chi connectivity index (χ1v) is 4.09. The number of nitrogens with zero attached hydrogens (tertiary/aromatic N) is 1. The molecule has 0 unspecified atom stereocenters. The van der Waals surface area contributed by atoms with Crippen molar-refractivity contribution in [1.82, 2.24) is 0 Å². The lowest BCUT2D eigenvalue weighted by Gasteiger charge is -1.82. The van der Waals surface area contributed by atoms with Gasteiger partial charge in [0.25, 0.3) is 0 Å². The predicted molar refractivity (Wildman–Crippen MR) is 41.5 cm³/mol. The summed E-state index contributed by atoms with van der Waals surface area (Å²) in [6.07, 6.45) is 2.58. The molecule has 6 nitrogen and oxygen atoms in total. The van der Waals surface area contributed by atoms with E-state index >= 15 is 0 Å². The van der Waals surface area contributed by atoms with E-state index in [1.807, 2.05) is 6.92 Å². The van der Waals surface area contributed by atoms with Gasteiger partial charge in [0.2, 0.25) is 0 Å². The van der Waals surface area contributed by atoms with Gasteiger partial charge in [-0.2, -0.15) is 13.5 Å². The molecule has 0 aromatic rings. The van der Waals surface area contributed by atoms with Gasteiger partial charge in [-0.15, -0.1) is 0 Å². The molecule has 0 spiro atoms. The van der Waals surface area contributed by atoms with Gasteiger partial charge in [-0.1, -0.05) is 6.92 Å². The first kappa shape index (κ1) is 13.0. The summed E-state index contributed by atoms with van der Waals surface area (Å²) in [5.41, 5.74) is 0. The van der Waals surface area contributed by atoms with Crippen molar-refractivity contribution in [3.63, 3.8) is 0 Å². The molecule has 0 aromatic heterocycles. The Kier molecular flexibility index (Phi) is 8.78. The number of hydrogen-bond donors (Lipinski definition) is 2. The van der Waals surface area contributed by atoms with Crippen LogP contribution < -0.4 is 5.84 Å². The minimum Gasteiger partial charge on any atom is -0.324 e. The SMILES string of the molecule is CCC=NN.COS(=O)(=O)O. The number of hydrazone groups is 1. The number of hydrogen-bond acceptors (Lipinski definition) is 5. The fraction of sp³-hybridized carbons (Fsp3) is 0.750. The highest BCUT2D eigenvalue weighted by Crippen LogP contribution is 1.74. The van der Waals surface area contributed by atoms with E-state index in [1.165, 1.54) is 0 Å². The Morgan fingerprint density at radius 1 is 1.73 bits per heavy atom. The van der Waals surface area contributed by atoms with Gasteiger partial charge in [-0.05, 0) is 6.42 Å². The second kappa shape index (κ2) is 7.45. The zero-order chi connectivity index (χ0) is 9.33. The molecular weight excluding hydrogens is 172 g/mol. The van der Waals surface area contributed by atoms with Crippen LogP contribution in [0.3, 0.4) is 0 Å². The van der Waals surface area contributed by atoms with Crippen molar-refractivity contribution in [1.29, 1.82) is 0 Å². The number of rotatable bonds is 2. The molecule has 68 valence electrons. The fourth-order valence-electron chi connectivity index (χ4n) is 0.105. The van der Waals surface area contributed by atoms with Crippen LogP contribution in [-0.2, 0) is 14.6 Å². The van der Waals surface area contributed by atoms with Gasteiger partial charge in [0.1, 0.15) is 0 Å². The summed E-state index contributed by atoms with van der Waals surface area (Å²) in [4.78, 5) is 0. The molecule has 0 rings (SSSR count). The third-order valence-corrected chi connectivity index (χ3v) is 0.920. The lowest BCUT2D eigenvalue weighted by Crippen LogP contribution is -1.96. The Labute approximate surface area is 66.0 Å². The summed E-state index contributed by atoms with van der Waals surface area (Å²) in [6, 6.07) is 0. The molecule has 0 amide bonds. The average molecular weight is 184 g/mol. The Morgan fingerprint density at radius 3 is 2.09 bits per heavy atom. The first-order chi connectivity index (χ1) is 4.97. The highest BCUT2D eigenvalue weighted by Gasteiger charge is 1.93. The Hall–Kier alpha value is -0.660. The monoisotopic (exact) mass is 184 g/mol. The average Bonchev–Trinajstić information content (AvgIpc) is 1.90. The van der Waals surface area contributed by atoms with Crippen molar-refractivity contribution < 1.29 is 17.2 Å². The Balaban J connectivity index is 0. The van der Waals surface area contributed by atoms with Crippen LogP contribution in [0.15, 0.2) is 5.10 Å². The Bertz CT molecular complexity index is 186. The predicted octanol–water partition coefficient (Wildman–Crippen LogP) is -0.223. The molecule has 11 heavy (non-hydrogen) atoms. The molecule has 0 aliphatic rings. The molecule has 0 saturated carbocycles. The molecule has 3 N–H and O–H groups in total. The summed E-state index contributed by atoms with van der Waals surface area (Å²) >= 11 is 0. The zero-order valence-corrected chi connectivity index (χ0v) is 7.21. The van der Waals surface area contributed by atoms with E-state index in [2.05, 4.69) is 9.28 Å². The maximum absolute atomic E-state index is 9.33. The Morgan fingerprint density at radius 2 is 2.09 bits per heavy atom. The lowest BCUT2D eigenvalue weighted by molar-refractivity contribution is 0.324. The molecule has 0 saturated heterocycles. The highest BCUT2D eigenvalue weighted by molar-refractivity contribution is 7.80. The van der Waals surface area contributed by atoms with Crippen molar-refractivity contribution in [3.8, 4) is 0 Å². The number of nitrogens with two attached hydrogens (primary N) is 1. The van der Waals surface area contributed by atoms with Crippen LogP contribution in [0.2, 0.25) is 0 Å². The smallest absolute Gasteiger partial charge is 0.324 e. The standard InChI is InChI=1S/C3H8N2.CH4O4S/c1-2-3-5-4;1-5-6(2,3)4/h3H,2,4H2,1H3;1H3,(H,2,3,4). The summed E-state index contributed by atoms with van der Waals surface area (Å²) < 4.78 is 29.7.